The molecule has 1 aromatic heterocycles. The third-order valence-corrected chi connectivity index (χ3v) is 5.35. The van der Waals surface area contributed by atoms with Gasteiger partial charge < -0.3 is 5.32 Å². The molecule has 1 aromatic carbocycles. The normalized spacial score (nSPS) is 10.2. The van der Waals surface area contributed by atoms with Gasteiger partial charge in [-0.25, -0.2) is 4.79 Å². The molecule has 0 spiro atoms. The second kappa shape index (κ2) is 6.54. The van der Waals surface area contributed by atoms with Crippen LogP contribution in [0.5, 0.6) is 0 Å². The molecule has 0 fully saturated rings. The maximum Gasteiger partial charge on any atom is 0.342 e. The summed E-state index contributed by atoms with van der Waals surface area (Å²) in [5.41, 5.74) is -0.264. The molecule has 21 heavy (non-hydrogen) atoms. The van der Waals surface area contributed by atoms with Crippen LogP contribution in [0.15, 0.2) is 27.2 Å². The number of thioether (sulfide) groups is 1. The molecule has 0 aliphatic heterocycles. The van der Waals surface area contributed by atoms with Gasteiger partial charge in [0.05, 0.1) is 10.0 Å². The van der Waals surface area contributed by atoms with Gasteiger partial charge in [-0.1, -0.05) is 23.2 Å². The van der Waals surface area contributed by atoms with E-state index in [2.05, 4.69) is 5.32 Å². The average molecular weight is 360 g/mol. The average Bonchev–Trinajstić information content (AvgIpc) is 2.79. The monoisotopic (exact) mass is 359 g/mol. The Labute approximate surface area is 138 Å². The van der Waals surface area contributed by atoms with Crippen LogP contribution in [0.3, 0.4) is 0 Å². The molecule has 0 bridgehead atoms. The number of halogens is 2. The lowest BCUT2D eigenvalue weighted by molar-refractivity contribution is 0.255. The predicted octanol–water partition coefficient (Wildman–Crippen LogP) is 3.89. The molecular formula is C12H7Cl2N3O2S2. The Balaban J connectivity index is 2.33. The van der Waals surface area contributed by atoms with Crippen molar-refractivity contribution in [2.45, 2.75) is 4.21 Å². The number of hydrogen-bond donors (Lipinski definition) is 1. The molecule has 0 aliphatic rings. The molecule has 1 heterocycles. The second-order valence-electron chi connectivity index (χ2n) is 3.73. The Kier molecular flexibility index (Phi) is 4.96. The number of rotatable bonds is 2. The quantitative estimate of drug-likeness (QED) is 0.825. The number of nitriles is 1. The van der Waals surface area contributed by atoms with E-state index in [1.807, 2.05) is 6.07 Å². The van der Waals surface area contributed by atoms with Crippen LogP contribution >= 0.6 is 46.5 Å². The van der Waals surface area contributed by atoms with Crippen molar-refractivity contribution in [3.63, 3.8) is 0 Å². The highest BCUT2D eigenvalue weighted by molar-refractivity contribution is 8.00. The summed E-state index contributed by atoms with van der Waals surface area (Å²) in [5.74, 6) is 0. The van der Waals surface area contributed by atoms with E-state index in [1.165, 1.54) is 23.9 Å². The highest BCUT2D eigenvalue weighted by atomic mass is 35.5. The van der Waals surface area contributed by atoms with Gasteiger partial charge in [0, 0.05) is 5.69 Å². The molecule has 108 valence electrons. The van der Waals surface area contributed by atoms with Gasteiger partial charge in [0.25, 0.3) is 5.56 Å². The van der Waals surface area contributed by atoms with Crippen LogP contribution < -0.4 is 10.9 Å². The largest absolute Gasteiger partial charge is 0.342 e. The Morgan fingerprint density at radius 1 is 1.43 bits per heavy atom. The van der Waals surface area contributed by atoms with Crippen LogP contribution in [0, 0.1) is 11.3 Å². The van der Waals surface area contributed by atoms with Crippen LogP contribution in [-0.4, -0.2) is 16.2 Å². The van der Waals surface area contributed by atoms with E-state index in [9.17, 15) is 9.59 Å². The SMILES string of the molecule is CSc1sn(C(=O)Nc2ccc(Cl)c(Cl)c2)c(=O)c1C#N. The van der Waals surface area contributed by atoms with Gasteiger partial charge in [-0.15, -0.1) is 11.8 Å². The van der Waals surface area contributed by atoms with Gasteiger partial charge in [-0.3, -0.25) is 4.79 Å². The molecule has 9 heteroatoms. The summed E-state index contributed by atoms with van der Waals surface area (Å²) >= 11 is 13.8. The first kappa shape index (κ1) is 15.9. The van der Waals surface area contributed by atoms with Crippen molar-refractivity contribution in [2.24, 2.45) is 0 Å². The molecule has 1 N–H and O–H groups in total. The summed E-state index contributed by atoms with van der Waals surface area (Å²) in [6.45, 7) is 0. The first-order chi connectivity index (χ1) is 9.97. The number of carbonyl (C=O) groups is 1. The zero-order valence-electron chi connectivity index (χ0n) is 10.5. The number of nitrogens with zero attached hydrogens (tertiary/aromatic N) is 2. The molecule has 0 unspecified atom stereocenters. The van der Waals surface area contributed by atoms with Crippen molar-refractivity contribution in [2.75, 3.05) is 11.6 Å². The molecular weight excluding hydrogens is 353 g/mol. The minimum Gasteiger partial charge on any atom is -0.306 e. The Hall–Kier alpha value is -1.46. The van der Waals surface area contributed by atoms with E-state index in [1.54, 1.807) is 12.3 Å². The van der Waals surface area contributed by atoms with E-state index in [0.29, 0.717) is 14.9 Å². The van der Waals surface area contributed by atoms with Gasteiger partial charge >= 0.3 is 6.03 Å². The Morgan fingerprint density at radius 3 is 2.67 bits per heavy atom. The molecule has 0 atom stereocenters. The minimum atomic E-state index is -0.653. The number of hydrogen-bond acceptors (Lipinski definition) is 5. The number of anilines is 1. The zero-order valence-corrected chi connectivity index (χ0v) is 13.7. The predicted molar refractivity (Wildman–Crippen MR) is 86.0 cm³/mol. The molecule has 0 saturated carbocycles. The minimum absolute atomic E-state index is 0.0308. The van der Waals surface area contributed by atoms with Gasteiger partial charge in [0.1, 0.15) is 15.8 Å². The molecule has 5 nitrogen and oxygen atoms in total. The maximum absolute atomic E-state index is 12.1. The number of aromatic nitrogens is 1. The highest BCUT2D eigenvalue weighted by Crippen LogP contribution is 2.26. The molecule has 2 rings (SSSR count). The second-order valence-corrected chi connectivity index (χ2v) is 6.57. The topological polar surface area (TPSA) is 74.9 Å². The summed E-state index contributed by atoms with van der Waals surface area (Å²) in [7, 11) is 0. The fourth-order valence-electron chi connectivity index (χ4n) is 1.47. The van der Waals surface area contributed by atoms with E-state index in [0.717, 1.165) is 15.5 Å². The zero-order chi connectivity index (χ0) is 15.6. The summed E-state index contributed by atoms with van der Waals surface area (Å²) in [5, 5.41) is 12.1. The molecule has 0 radical (unpaired) electrons. The molecule has 2 aromatic rings. The van der Waals surface area contributed by atoms with Crippen molar-refractivity contribution >= 4 is 58.2 Å². The first-order valence-electron chi connectivity index (χ1n) is 5.44. The highest BCUT2D eigenvalue weighted by Gasteiger charge is 2.19. The van der Waals surface area contributed by atoms with E-state index < -0.39 is 11.6 Å². The molecule has 1 amide bonds. The van der Waals surface area contributed by atoms with Crippen molar-refractivity contribution < 1.29 is 4.79 Å². The first-order valence-corrected chi connectivity index (χ1v) is 8.20. The smallest absolute Gasteiger partial charge is 0.306 e. The van der Waals surface area contributed by atoms with Gasteiger partial charge in [-0.2, -0.15) is 9.22 Å². The molecule has 0 aliphatic carbocycles. The van der Waals surface area contributed by atoms with Gasteiger partial charge in [0.2, 0.25) is 0 Å². The number of carbonyl (C=O) groups excluding carboxylic acids is 1. The third kappa shape index (κ3) is 3.24. The number of amides is 1. The van der Waals surface area contributed by atoms with Crippen molar-refractivity contribution in [1.29, 1.82) is 5.26 Å². The number of benzene rings is 1. The van der Waals surface area contributed by atoms with Crippen LogP contribution in [0.25, 0.3) is 0 Å². The van der Waals surface area contributed by atoms with E-state index in [4.69, 9.17) is 28.5 Å². The van der Waals surface area contributed by atoms with E-state index in [-0.39, 0.29) is 10.6 Å². The van der Waals surface area contributed by atoms with Crippen LogP contribution in [-0.2, 0) is 0 Å². The Bertz CT molecular complexity index is 808. The molecule has 0 saturated heterocycles. The fourth-order valence-corrected chi connectivity index (χ4v) is 3.32. The number of nitrogens with one attached hydrogen (secondary N) is 1. The van der Waals surface area contributed by atoms with Gasteiger partial charge in [0.15, 0.2) is 0 Å². The lowest BCUT2D eigenvalue weighted by Gasteiger charge is -2.05. The summed E-state index contributed by atoms with van der Waals surface area (Å²) in [6.07, 6.45) is 1.73. The van der Waals surface area contributed by atoms with Crippen molar-refractivity contribution in [3.05, 3.63) is 44.2 Å². The van der Waals surface area contributed by atoms with Crippen LogP contribution in [0.1, 0.15) is 5.56 Å². The Morgan fingerprint density at radius 2 is 2.14 bits per heavy atom. The summed E-state index contributed by atoms with van der Waals surface area (Å²) < 4.78 is 1.39. The summed E-state index contributed by atoms with van der Waals surface area (Å²) in [6, 6.07) is 5.72. The maximum atomic E-state index is 12.1. The standard InChI is InChI=1S/C12H7Cl2N3O2S2/c1-20-11-7(5-15)10(18)17(21-11)12(19)16-6-2-3-8(13)9(14)4-6/h2-4H,1H3,(H,16,19). The van der Waals surface area contributed by atoms with Crippen molar-refractivity contribution in [1.82, 2.24) is 3.96 Å². The van der Waals surface area contributed by atoms with E-state index >= 15 is 0 Å². The third-order valence-electron chi connectivity index (χ3n) is 2.43. The fraction of sp³-hybridized carbons (Fsp3) is 0.0833. The lowest BCUT2D eigenvalue weighted by atomic mass is 10.3. The van der Waals surface area contributed by atoms with Crippen LogP contribution in [0.2, 0.25) is 10.0 Å². The lowest BCUT2D eigenvalue weighted by Crippen LogP contribution is -2.27. The van der Waals surface area contributed by atoms with Gasteiger partial charge in [-0.05, 0) is 36.0 Å². The van der Waals surface area contributed by atoms with Crippen molar-refractivity contribution in [3.8, 4) is 6.07 Å². The van der Waals surface area contributed by atoms with Crippen LogP contribution in [0.4, 0.5) is 10.5 Å². The summed E-state index contributed by atoms with van der Waals surface area (Å²) in [4.78, 5) is 24.1.